The lowest BCUT2D eigenvalue weighted by molar-refractivity contribution is 0.601. The summed E-state index contributed by atoms with van der Waals surface area (Å²) in [6, 6.07) is 5.45. The highest BCUT2D eigenvalue weighted by molar-refractivity contribution is 7.92. The van der Waals surface area contributed by atoms with Crippen LogP contribution in [-0.2, 0) is 10.0 Å². The van der Waals surface area contributed by atoms with E-state index in [1.165, 1.54) is 30.5 Å². The second-order valence-corrected chi connectivity index (χ2v) is 6.61. The predicted octanol–water partition coefficient (Wildman–Crippen LogP) is 3.42. The molecule has 3 N–H and O–H groups in total. The first kappa shape index (κ1) is 15.2. The Labute approximate surface area is 130 Å². The van der Waals surface area contributed by atoms with Crippen molar-refractivity contribution in [2.75, 3.05) is 10.5 Å². The minimum absolute atomic E-state index is 0.101. The van der Waals surface area contributed by atoms with Gasteiger partial charge in [0.1, 0.15) is 10.7 Å². The number of rotatable bonds is 3. The van der Waals surface area contributed by atoms with Crippen molar-refractivity contribution in [1.29, 1.82) is 0 Å². The van der Waals surface area contributed by atoms with Crippen molar-refractivity contribution in [2.45, 2.75) is 4.90 Å². The molecule has 0 radical (unpaired) electrons. The molecule has 0 atom stereocenters. The van der Waals surface area contributed by atoms with Gasteiger partial charge in [-0.05, 0) is 24.3 Å². The minimum atomic E-state index is -3.92. The van der Waals surface area contributed by atoms with Crippen molar-refractivity contribution in [3.63, 3.8) is 0 Å². The first-order chi connectivity index (χ1) is 9.31. The van der Waals surface area contributed by atoms with Gasteiger partial charge >= 0.3 is 0 Å². The molecule has 0 spiro atoms. The molecular weight excluding hydrogens is 345 g/mol. The number of nitrogens with two attached hydrogens (primary N) is 1. The second-order valence-electron chi connectivity index (χ2n) is 3.74. The summed E-state index contributed by atoms with van der Waals surface area (Å²) in [6.45, 7) is 0. The van der Waals surface area contributed by atoms with Crippen LogP contribution in [0.25, 0.3) is 0 Å². The van der Waals surface area contributed by atoms with Gasteiger partial charge in [-0.2, -0.15) is 0 Å². The largest absolute Gasteiger partial charge is 0.383 e. The summed E-state index contributed by atoms with van der Waals surface area (Å²) >= 11 is 17.5. The Morgan fingerprint density at radius 2 is 1.75 bits per heavy atom. The summed E-state index contributed by atoms with van der Waals surface area (Å²) in [5.41, 5.74) is 5.64. The van der Waals surface area contributed by atoms with Crippen LogP contribution in [0, 0.1) is 0 Å². The second kappa shape index (κ2) is 5.65. The zero-order valence-corrected chi connectivity index (χ0v) is 12.9. The van der Waals surface area contributed by atoms with Crippen molar-refractivity contribution in [1.82, 2.24) is 4.98 Å². The molecule has 2 rings (SSSR count). The van der Waals surface area contributed by atoms with E-state index < -0.39 is 10.0 Å². The molecule has 0 aliphatic rings. The molecule has 0 unspecified atom stereocenters. The Morgan fingerprint density at radius 3 is 2.40 bits per heavy atom. The van der Waals surface area contributed by atoms with E-state index in [4.69, 9.17) is 40.5 Å². The number of anilines is 2. The van der Waals surface area contributed by atoms with Crippen LogP contribution in [0.15, 0.2) is 35.4 Å². The molecule has 2 aromatic rings. The zero-order valence-electron chi connectivity index (χ0n) is 9.77. The van der Waals surface area contributed by atoms with E-state index in [0.29, 0.717) is 0 Å². The van der Waals surface area contributed by atoms with Crippen molar-refractivity contribution < 1.29 is 8.42 Å². The van der Waals surface area contributed by atoms with Gasteiger partial charge < -0.3 is 5.73 Å². The van der Waals surface area contributed by atoms with Crippen LogP contribution in [0.1, 0.15) is 0 Å². The number of halogens is 3. The summed E-state index contributed by atoms with van der Waals surface area (Å²) < 4.78 is 26.7. The minimum Gasteiger partial charge on any atom is -0.383 e. The average Bonchev–Trinajstić information content (AvgIpc) is 2.36. The number of hydrogen-bond donors (Lipinski definition) is 2. The Balaban J connectivity index is 2.44. The van der Waals surface area contributed by atoms with Crippen LogP contribution < -0.4 is 10.5 Å². The van der Waals surface area contributed by atoms with Crippen molar-refractivity contribution in [3.05, 3.63) is 45.5 Å². The lowest BCUT2D eigenvalue weighted by atomic mass is 10.3. The fourth-order valence-corrected chi connectivity index (χ4v) is 3.23. The van der Waals surface area contributed by atoms with E-state index in [1.54, 1.807) is 0 Å². The van der Waals surface area contributed by atoms with Crippen LogP contribution in [0.2, 0.25) is 15.1 Å². The standard InChI is InChI=1S/C11H8Cl3N3O2S/c12-6-4-8(14)9(5-7(6)13)17-20(18,19)10-2-1-3-16-11(10)15/h1-5,17H,(H2,15,16). The van der Waals surface area contributed by atoms with E-state index in [0.717, 1.165) is 0 Å². The predicted molar refractivity (Wildman–Crippen MR) is 80.9 cm³/mol. The van der Waals surface area contributed by atoms with Gasteiger partial charge in [-0.15, -0.1) is 0 Å². The monoisotopic (exact) mass is 351 g/mol. The number of sulfonamides is 1. The molecule has 0 bridgehead atoms. The Hall–Kier alpha value is -1.21. The van der Waals surface area contributed by atoms with E-state index in [-0.39, 0.29) is 31.5 Å². The third-order valence-corrected chi connectivity index (χ3v) is 4.79. The summed E-state index contributed by atoms with van der Waals surface area (Å²) in [4.78, 5) is 3.57. The third kappa shape index (κ3) is 3.09. The number of benzene rings is 1. The van der Waals surface area contributed by atoms with Crippen LogP contribution in [0.5, 0.6) is 0 Å². The number of nitrogen functional groups attached to an aromatic ring is 1. The molecule has 0 amide bonds. The lowest BCUT2D eigenvalue weighted by Gasteiger charge is -2.11. The fraction of sp³-hybridized carbons (Fsp3) is 0. The maximum Gasteiger partial charge on any atom is 0.265 e. The molecule has 0 aliphatic carbocycles. The topological polar surface area (TPSA) is 85.1 Å². The third-order valence-electron chi connectivity index (χ3n) is 2.34. The molecular formula is C11H8Cl3N3O2S. The van der Waals surface area contributed by atoms with Gasteiger partial charge in [0.2, 0.25) is 0 Å². The van der Waals surface area contributed by atoms with Crippen molar-refractivity contribution in [3.8, 4) is 0 Å². The van der Waals surface area contributed by atoms with Gasteiger partial charge in [-0.3, -0.25) is 4.72 Å². The van der Waals surface area contributed by atoms with E-state index in [1.807, 2.05) is 0 Å². The quantitative estimate of drug-likeness (QED) is 0.829. The SMILES string of the molecule is Nc1ncccc1S(=O)(=O)Nc1cc(Cl)c(Cl)cc1Cl. The van der Waals surface area contributed by atoms with Crippen LogP contribution in [0.4, 0.5) is 11.5 Å². The molecule has 9 heteroatoms. The van der Waals surface area contributed by atoms with Gasteiger partial charge in [0.15, 0.2) is 0 Å². The van der Waals surface area contributed by atoms with Gasteiger partial charge in [0.05, 0.1) is 20.8 Å². The number of nitrogens with zero attached hydrogens (tertiary/aromatic N) is 1. The molecule has 1 heterocycles. The van der Waals surface area contributed by atoms with Gasteiger partial charge in [-0.25, -0.2) is 13.4 Å². The number of hydrogen-bond acceptors (Lipinski definition) is 4. The van der Waals surface area contributed by atoms with Gasteiger partial charge in [-0.1, -0.05) is 34.8 Å². The van der Waals surface area contributed by atoms with E-state index in [2.05, 4.69) is 9.71 Å². The molecule has 0 saturated carbocycles. The lowest BCUT2D eigenvalue weighted by Crippen LogP contribution is -2.15. The number of nitrogens with one attached hydrogen (secondary N) is 1. The average molecular weight is 353 g/mol. The Bertz CT molecular complexity index is 766. The van der Waals surface area contributed by atoms with Gasteiger partial charge in [0.25, 0.3) is 10.0 Å². The molecule has 0 aliphatic heterocycles. The Morgan fingerprint density at radius 1 is 1.10 bits per heavy atom. The molecule has 20 heavy (non-hydrogen) atoms. The number of pyridine rings is 1. The summed E-state index contributed by atoms with van der Waals surface area (Å²) in [6.07, 6.45) is 1.39. The molecule has 106 valence electrons. The molecule has 1 aromatic heterocycles. The number of aromatic nitrogens is 1. The molecule has 1 aromatic carbocycles. The maximum absolute atomic E-state index is 12.2. The van der Waals surface area contributed by atoms with Gasteiger partial charge in [0, 0.05) is 6.20 Å². The molecule has 5 nitrogen and oxygen atoms in total. The highest BCUT2D eigenvalue weighted by atomic mass is 35.5. The smallest absolute Gasteiger partial charge is 0.265 e. The van der Waals surface area contributed by atoms with Crippen LogP contribution >= 0.6 is 34.8 Å². The van der Waals surface area contributed by atoms with Crippen LogP contribution in [-0.4, -0.2) is 13.4 Å². The zero-order chi connectivity index (χ0) is 14.9. The normalized spacial score (nSPS) is 11.3. The van der Waals surface area contributed by atoms with E-state index >= 15 is 0 Å². The summed E-state index contributed by atoms with van der Waals surface area (Å²) in [5, 5.41) is 0.513. The van der Waals surface area contributed by atoms with Crippen LogP contribution in [0.3, 0.4) is 0 Å². The van der Waals surface area contributed by atoms with Crippen molar-refractivity contribution in [2.24, 2.45) is 0 Å². The van der Waals surface area contributed by atoms with E-state index in [9.17, 15) is 8.42 Å². The molecule has 0 saturated heterocycles. The van der Waals surface area contributed by atoms with Crippen molar-refractivity contribution >= 4 is 56.3 Å². The highest BCUT2D eigenvalue weighted by Gasteiger charge is 2.20. The Kier molecular flexibility index (Phi) is 4.29. The first-order valence-electron chi connectivity index (χ1n) is 5.19. The summed E-state index contributed by atoms with van der Waals surface area (Å²) in [7, 11) is -3.92. The summed E-state index contributed by atoms with van der Waals surface area (Å²) in [5.74, 6) is -0.115. The fourth-order valence-electron chi connectivity index (χ4n) is 1.43. The highest BCUT2D eigenvalue weighted by Crippen LogP contribution is 2.33. The molecule has 0 fully saturated rings. The first-order valence-corrected chi connectivity index (χ1v) is 7.81. The maximum atomic E-state index is 12.2.